The lowest BCUT2D eigenvalue weighted by Gasteiger charge is -1.91. The fourth-order valence-electron chi connectivity index (χ4n) is 0.757. The number of hydrogen-bond donors (Lipinski definition) is 1. The van der Waals surface area contributed by atoms with Crippen LogP contribution in [0.15, 0.2) is 34.6 Å². The summed E-state index contributed by atoms with van der Waals surface area (Å²) in [5, 5.41) is 6.84. The average molecular weight is 172 g/mol. The fraction of sp³-hybridized carbons (Fsp3) is 0.143. The second-order valence-corrected chi connectivity index (χ2v) is 2.05. The standard InChI is InChI=1S/C7H9N3.ClH/c1-6-3-2-4-7(5-6)9-10-8;/h2-5H,1H3,(H2,8,9);1H. The van der Waals surface area contributed by atoms with Gasteiger partial charge in [0.15, 0.2) is 0 Å². The number of hydrogen-bond acceptors (Lipinski definition) is 2. The van der Waals surface area contributed by atoms with Crippen molar-refractivity contribution in [1.82, 2.24) is 0 Å². The predicted octanol–water partition coefficient (Wildman–Crippen LogP) is 2.37. The van der Waals surface area contributed by atoms with Gasteiger partial charge in [-0.05, 0) is 24.6 Å². The lowest BCUT2D eigenvalue weighted by Crippen LogP contribution is -1.74. The molecule has 0 saturated carbocycles. The molecule has 0 radical (unpaired) electrons. The molecule has 2 N–H and O–H groups in total. The van der Waals surface area contributed by atoms with Crippen LogP contribution in [0.5, 0.6) is 0 Å². The Morgan fingerprint density at radius 2 is 2.09 bits per heavy atom. The molecule has 0 atom stereocenters. The summed E-state index contributed by atoms with van der Waals surface area (Å²) in [6.45, 7) is 2.00. The van der Waals surface area contributed by atoms with E-state index in [4.69, 9.17) is 5.84 Å². The van der Waals surface area contributed by atoms with Gasteiger partial charge >= 0.3 is 0 Å². The molecule has 0 spiro atoms. The topological polar surface area (TPSA) is 50.7 Å². The van der Waals surface area contributed by atoms with E-state index in [1.54, 1.807) is 0 Å². The van der Waals surface area contributed by atoms with Crippen molar-refractivity contribution in [1.29, 1.82) is 0 Å². The molecule has 1 aromatic rings. The molecule has 0 aliphatic rings. The quantitative estimate of drug-likeness (QED) is 0.394. The largest absolute Gasteiger partial charge is 0.305 e. The number of nitrogens with zero attached hydrogens (tertiary/aromatic N) is 2. The van der Waals surface area contributed by atoms with Gasteiger partial charge in [-0.1, -0.05) is 17.4 Å². The second-order valence-electron chi connectivity index (χ2n) is 2.05. The van der Waals surface area contributed by atoms with E-state index in [1.165, 1.54) is 0 Å². The molecule has 1 rings (SSSR count). The second kappa shape index (κ2) is 4.68. The van der Waals surface area contributed by atoms with Crippen molar-refractivity contribution in [3.05, 3.63) is 29.8 Å². The first-order valence-corrected chi connectivity index (χ1v) is 3.00. The van der Waals surface area contributed by atoms with Crippen LogP contribution in [0.2, 0.25) is 0 Å². The Hall–Kier alpha value is -1.09. The molecule has 0 fully saturated rings. The Morgan fingerprint density at radius 1 is 1.36 bits per heavy atom. The first-order chi connectivity index (χ1) is 4.83. The monoisotopic (exact) mass is 171 g/mol. The number of aryl methyl sites for hydroxylation is 1. The summed E-state index contributed by atoms with van der Waals surface area (Å²) in [4.78, 5) is 0. The van der Waals surface area contributed by atoms with Gasteiger partial charge < -0.3 is 5.84 Å². The minimum atomic E-state index is 0. The van der Waals surface area contributed by atoms with Crippen LogP contribution < -0.4 is 5.84 Å². The Bertz CT molecular complexity index is 247. The minimum absolute atomic E-state index is 0. The molecule has 0 bridgehead atoms. The smallest absolute Gasteiger partial charge is 0.0876 e. The molecule has 0 aliphatic heterocycles. The summed E-state index contributed by atoms with van der Waals surface area (Å²) in [5.74, 6) is 4.87. The summed E-state index contributed by atoms with van der Waals surface area (Å²) in [6.07, 6.45) is 0. The van der Waals surface area contributed by atoms with Crippen LogP contribution in [0.25, 0.3) is 0 Å². The van der Waals surface area contributed by atoms with Gasteiger partial charge in [0.25, 0.3) is 0 Å². The Balaban J connectivity index is 0.000001000. The average Bonchev–Trinajstić information content (AvgIpc) is 1.88. The maximum Gasteiger partial charge on any atom is 0.0876 e. The molecule has 4 heteroatoms. The van der Waals surface area contributed by atoms with Crippen LogP contribution in [0.1, 0.15) is 5.56 Å². The third-order valence-electron chi connectivity index (χ3n) is 1.17. The molecule has 0 saturated heterocycles. The van der Waals surface area contributed by atoms with Gasteiger partial charge in [0.2, 0.25) is 0 Å². The summed E-state index contributed by atoms with van der Waals surface area (Å²) >= 11 is 0. The van der Waals surface area contributed by atoms with Gasteiger partial charge in [0, 0.05) is 0 Å². The molecule has 0 aromatic heterocycles. The summed E-state index contributed by atoms with van der Waals surface area (Å²) in [6, 6.07) is 7.68. The number of rotatable bonds is 1. The van der Waals surface area contributed by atoms with E-state index < -0.39 is 0 Å². The molecule has 0 unspecified atom stereocenters. The highest BCUT2D eigenvalue weighted by atomic mass is 35.5. The lowest BCUT2D eigenvalue weighted by atomic mass is 10.2. The SMILES string of the molecule is Cc1cccc(N=NN)c1.Cl. The van der Waals surface area contributed by atoms with Crippen LogP contribution in [0.3, 0.4) is 0 Å². The van der Waals surface area contributed by atoms with Crippen LogP contribution in [-0.2, 0) is 0 Å². The van der Waals surface area contributed by atoms with E-state index in [0.717, 1.165) is 11.3 Å². The third kappa shape index (κ3) is 3.00. The molecule has 1 aromatic carbocycles. The molecule has 60 valence electrons. The first-order valence-electron chi connectivity index (χ1n) is 3.00. The van der Waals surface area contributed by atoms with Gasteiger partial charge in [-0.2, -0.15) is 0 Å². The maximum absolute atomic E-state index is 4.87. The van der Waals surface area contributed by atoms with E-state index in [2.05, 4.69) is 10.3 Å². The zero-order chi connectivity index (χ0) is 7.40. The van der Waals surface area contributed by atoms with Crippen LogP contribution >= 0.6 is 12.4 Å². The van der Waals surface area contributed by atoms with Crippen LogP contribution in [0, 0.1) is 6.92 Å². The van der Waals surface area contributed by atoms with Crippen LogP contribution in [0.4, 0.5) is 5.69 Å². The van der Waals surface area contributed by atoms with E-state index in [1.807, 2.05) is 31.2 Å². The number of nitrogens with two attached hydrogens (primary N) is 1. The van der Waals surface area contributed by atoms with Crippen molar-refractivity contribution < 1.29 is 0 Å². The normalized spacial score (nSPS) is 9.55. The Morgan fingerprint density at radius 3 is 2.64 bits per heavy atom. The maximum atomic E-state index is 4.87. The summed E-state index contributed by atoms with van der Waals surface area (Å²) in [5.41, 5.74) is 1.95. The molecular weight excluding hydrogens is 162 g/mol. The van der Waals surface area contributed by atoms with E-state index in [9.17, 15) is 0 Å². The number of halogens is 1. The van der Waals surface area contributed by atoms with Crippen molar-refractivity contribution in [2.24, 2.45) is 16.2 Å². The Kier molecular flexibility index (Phi) is 4.22. The van der Waals surface area contributed by atoms with Gasteiger partial charge in [0.05, 0.1) is 5.69 Å². The van der Waals surface area contributed by atoms with Crippen molar-refractivity contribution in [2.75, 3.05) is 0 Å². The zero-order valence-corrected chi connectivity index (χ0v) is 7.01. The van der Waals surface area contributed by atoms with Gasteiger partial charge in [0.1, 0.15) is 0 Å². The summed E-state index contributed by atoms with van der Waals surface area (Å²) in [7, 11) is 0. The third-order valence-corrected chi connectivity index (χ3v) is 1.17. The number of benzene rings is 1. The van der Waals surface area contributed by atoms with Crippen molar-refractivity contribution in [2.45, 2.75) is 6.92 Å². The van der Waals surface area contributed by atoms with Gasteiger partial charge in [-0.25, -0.2) is 0 Å². The van der Waals surface area contributed by atoms with Crippen molar-refractivity contribution in [3.63, 3.8) is 0 Å². The highest BCUT2D eigenvalue weighted by Gasteiger charge is 1.86. The molecule has 0 heterocycles. The van der Waals surface area contributed by atoms with Crippen molar-refractivity contribution >= 4 is 18.1 Å². The predicted molar refractivity (Wildman–Crippen MR) is 47.1 cm³/mol. The van der Waals surface area contributed by atoms with E-state index in [-0.39, 0.29) is 12.4 Å². The molecule has 11 heavy (non-hydrogen) atoms. The molecule has 3 nitrogen and oxygen atoms in total. The lowest BCUT2D eigenvalue weighted by molar-refractivity contribution is 1.06. The minimum Gasteiger partial charge on any atom is -0.305 e. The van der Waals surface area contributed by atoms with Crippen LogP contribution in [-0.4, -0.2) is 0 Å². The first kappa shape index (κ1) is 9.91. The van der Waals surface area contributed by atoms with Gasteiger partial charge in [-0.3, -0.25) is 0 Å². The van der Waals surface area contributed by atoms with E-state index in [0.29, 0.717) is 0 Å². The molecular formula is C7H10ClN3. The van der Waals surface area contributed by atoms with Crippen molar-refractivity contribution in [3.8, 4) is 0 Å². The van der Waals surface area contributed by atoms with Gasteiger partial charge in [-0.15, -0.1) is 17.5 Å². The Labute approximate surface area is 71.7 Å². The fourth-order valence-corrected chi connectivity index (χ4v) is 0.757. The highest BCUT2D eigenvalue weighted by Crippen LogP contribution is 2.12. The zero-order valence-electron chi connectivity index (χ0n) is 6.19. The summed E-state index contributed by atoms with van der Waals surface area (Å²) < 4.78 is 0. The molecule has 0 aliphatic carbocycles. The highest BCUT2D eigenvalue weighted by molar-refractivity contribution is 5.85. The molecule has 0 amide bonds. The van der Waals surface area contributed by atoms with E-state index >= 15 is 0 Å².